The lowest BCUT2D eigenvalue weighted by Gasteiger charge is -1.90. The van der Waals surface area contributed by atoms with Gasteiger partial charge in [-0.2, -0.15) is 0 Å². The van der Waals surface area contributed by atoms with Gasteiger partial charge in [0.15, 0.2) is 5.16 Å². The highest BCUT2D eigenvalue weighted by molar-refractivity contribution is 7.99. The number of phenols is 1. The zero-order valence-corrected chi connectivity index (χ0v) is 8.54. The van der Waals surface area contributed by atoms with Gasteiger partial charge in [-0.15, -0.1) is 0 Å². The number of hydrogen-bond acceptors (Lipinski definition) is 4. The van der Waals surface area contributed by atoms with Gasteiger partial charge >= 0.3 is 0 Å². The highest BCUT2D eigenvalue weighted by Crippen LogP contribution is 2.22. The number of aromatic nitrogens is 2. The molecule has 2 aromatic rings. The van der Waals surface area contributed by atoms with Gasteiger partial charge in [0.1, 0.15) is 5.75 Å². The third kappa shape index (κ3) is 2.21. The summed E-state index contributed by atoms with van der Waals surface area (Å²) >= 11 is 1.24. The van der Waals surface area contributed by atoms with E-state index in [-0.39, 0.29) is 17.4 Å². The lowest BCUT2D eigenvalue weighted by Crippen LogP contribution is -2.13. The number of hydrogen-bond donors (Lipinski definition) is 3. The third-order valence-corrected chi connectivity index (χ3v) is 2.69. The Morgan fingerprint density at radius 2 is 2.40 bits per heavy atom. The first-order valence-electron chi connectivity index (χ1n) is 4.25. The minimum atomic E-state index is -0.386. The molecule has 4 N–H and O–H groups in total. The molecule has 0 atom stereocenters. The second-order valence-electron chi connectivity index (χ2n) is 3.00. The monoisotopic (exact) mass is 223 g/mol. The van der Waals surface area contributed by atoms with Crippen molar-refractivity contribution in [3.63, 3.8) is 0 Å². The van der Waals surface area contributed by atoms with Gasteiger partial charge in [0.05, 0.1) is 16.8 Å². The fraction of sp³-hybridized carbons (Fsp3) is 0.111. The van der Waals surface area contributed by atoms with Crippen molar-refractivity contribution in [3.8, 4) is 5.75 Å². The minimum absolute atomic E-state index is 0.178. The van der Waals surface area contributed by atoms with Gasteiger partial charge in [-0.1, -0.05) is 11.8 Å². The number of nitrogens with zero attached hydrogens (tertiary/aromatic N) is 1. The Morgan fingerprint density at radius 1 is 1.60 bits per heavy atom. The Kier molecular flexibility index (Phi) is 2.51. The van der Waals surface area contributed by atoms with Gasteiger partial charge in [0, 0.05) is 6.07 Å². The number of aromatic hydroxyl groups is 1. The normalized spacial score (nSPS) is 10.7. The van der Waals surface area contributed by atoms with Crippen molar-refractivity contribution < 1.29 is 9.90 Å². The predicted octanol–water partition coefficient (Wildman–Crippen LogP) is 0.846. The number of rotatable bonds is 3. The maximum Gasteiger partial charge on any atom is 0.227 e. The van der Waals surface area contributed by atoms with Gasteiger partial charge < -0.3 is 15.8 Å². The van der Waals surface area contributed by atoms with Crippen LogP contribution in [0.1, 0.15) is 0 Å². The smallest absolute Gasteiger partial charge is 0.227 e. The van der Waals surface area contributed by atoms with E-state index in [1.165, 1.54) is 11.8 Å². The summed E-state index contributed by atoms with van der Waals surface area (Å²) < 4.78 is 0. The summed E-state index contributed by atoms with van der Waals surface area (Å²) in [5, 5.41) is 9.85. The summed E-state index contributed by atoms with van der Waals surface area (Å²) in [5.74, 6) is -0.0212. The van der Waals surface area contributed by atoms with Crippen LogP contribution in [0.25, 0.3) is 11.0 Å². The molecule has 0 radical (unpaired) electrons. The average molecular weight is 223 g/mol. The summed E-state index contributed by atoms with van der Waals surface area (Å²) in [6, 6.07) is 4.85. The maximum absolute atomic E-state index is 10.6. The average Bonchev–Trinajstić information content (AvgIpc) is 2.56. The second-order valence-corrected chi connectivity index (χ2v) is 3.96. The molecule has 2 rings (SSSR count). The molecule has 0 fully saturated rings. The van der Waals surface area contributed by atoms with E-state index >= 15 is 0 Å². The summed E-state index contributed by atoms with van der Waals surface area (Å²) in [4.78, 5) is 17.8. The van der Waals surface area contributed by atoms with Crippen LogP contribution in [0.2, 0.25) is 0 Å². The van der Waals surface area contributed by atoms with Crippen LogP contribution >= 0.6 is 11.8 Å². The minimum Gasteiger partial charge on any atom is -0.508 e. The number of H-pyrrole nitrogens is 1. The van der Waals surface area contributed by atoms with Crippen LogP contribution < -0.4 is 5.73 Å². The zero-order valence-electron chi connectivity index (χ0n) is 7.73. The first kappa shape index (κ1) is 9.85. The second kappa shape index (κ2) is 3.82. The van der Waals surface area contributed by atoms with Gasteiger partial charge in [-0.05, 0) is 12.1 Å². The molecule has 0 unspecified atom stereocenters. The number of carbonyl (C=O) groups excluding carboxylic acids is 1. The van der Waals surface area contributed by atoms with Crippen LogP contribution in [-0.4, -0.2) is 26.7 Å². The van der Waals surface area contributed by atoms with Crippen molar-refractivity contribution in [2.24, 2.45) is 5.73 Å². The number of nitrogens with two attached hydrogens (primary N) is 1. The highest BCUT2D eigenvalue weighted by atomic mass is 32.2. The number of thioether (sulfide) groups is 1. The summed E-state index contributed by atoms with van der Waals surface area (Å²) in [6.45, 7) is 0. The van der Waals surface area contributed by atoms with Crippen molar-refractivity contribution in [2.45, 2.75) is 5.16 Å². The first-order valence-corrected chi connectivity index (χ1v) is 5.23. The Hall–Kier alpha value is -1.69. The van der Waals surface area contributed by atoms with Gasteiger partial charge in [-0.25, -0.2) is 4.98 Å². The van der Waals surface area contributed by atoms with Gasteiger partial charge in [0.25, 0.3) is 0 Å². The summed E-state index contributed by atoms with van der Waals surface area (Å²) in [5.41, 5.74) is 6.50. The topological polar surface area (TPSA) is 92.0 Å². The fourth-order valence-corrected chi connectivity index (χ4v) is 1.81. The van der Waals surface area contributed by atoms with Crippen LogP contribution in [0, 0.1) is 0 Å². The lowest BCUT2D eigenvalue weighted by molar-refractivity contribution is -0.115. The van der Waals surface area contributed by atoms with Crippen LogP contribution in [0.4, 0.5) is 0 Å². The van der Waals surface area contributed by atoms with Crippen molar-refractivity contribution >= 4 is 28.7 Å². The first-order chi connectivity index (χ1) is 7.15. The number of imidazole rings is 1. The van der Waals surface area contributed by atoms with E-state index in [0.29, 0.717) is 5.16 Å². The number of benzene rings is 1. The van der Waals surface area contributed by atoms with E-state index in [4.69, 9.17) is 5.73 Å². The quantitative estimate of drug-likeness (QED) is 0.672. The summed E-state index contributed by atoms with van der Waals surface area (Å²) in [7, 11) is 0. The van der Waals surface area contributed by atoms with Crippen LogP contribution in [0.15, 0.2) is 23.4 Å². The van der Waals surface area contributed by atoms with Crippen molar-refractivity contribution in [3.05, 3.63) is 18.2 Å². The fourth-order valence-electron chi connectivity index (χ4n) is 1.18. The molecule has 0 aliphatic rings. The maximum atomic E-state index is 10.6. The number of phenolic OH excluding ortho intramolecular Hbond substituents is 1. The molecule has 1 aromatic carbocycles. The van der Waals surface area contributed by atoms with Crippen LogP contribution in [-0.2, 0) is 4.79 Å². The number of amides is 1. The molecule has 15 heavy (non-hydrogen) atoms. The van der Waals surface area contributed by atoms with E-state index in [2.05, 4.69) is 9.97 Å². The number of nitrogens with one attached hydrogen (secondary N) is 1. The number of fused-ring (bicyclic) bond motifs is 1. The highest BCUT2D eigenvalue weighted by Gasteiger charge is 2.05. The summed E-state index contributed by atoms with van der Waals surface area (Å²) in [6.07, 6.45) is 0. The van der Waals surface area contributed by atoms with Gasteiger partial charge in [-0.3, -0.25) is 4.79 Å². The molecule has 78 valence electrons. The zero-order chi connectivity index (χ0) is 10.8. The molecule has 0 bridgehead atoms. The largest absolute Gasteiger partial charge is 0.508 e. The molecule has 0 spiro atoms. The van der Waals surface area contributed by atoms with E-state index < -0.39 is 0 Å². The molecule has 1 aromatic heterocycles. The van der Waals surface area contributed by atoms with E-state index in [0.717, 1.165) is 11.0 Å². The van der Waals surface area contributed by atoms with Crippen molar-refractivity contribution in [1.29, 1.82) is 0 Å². The lowest BCUT2D eigenvalue weighted by atomic mass is 10.3. The molecule has 1 heterocycles. The van der Waals surface area contributed by atoms with E-state index in [1.54, 1.807) is 18.2 Å². The molecular weight excluding hydrogens is 214 g/mol. The Balaban J connectivity index is 2.27. The third-order valence-electron chi connectivity index (χ3n) is 1.79. The van der Waals surface area contributed by atoms with Crippen molar-refractivity contribution in [1.82, 2.24) is 9.97 Å². The predicted molar refractivity (Wildman–Crippen MR) is 57.7 cm³/mol. The Labute approximate surface area is 89.7 Å². The van der Waals surface area contributed by atoms with Crippen molar-refractivity contribution in [2.75, 3.05) is 5.75 Å². The Morgan fingerprint density at radius 3 is 3.13 bits per heavy atom. The molecular formula is C9H9N3O2S. The molecule has 0 aliphatic carbocycles. The SMILES string of the molecule is NC(=O)CSc1nc2ccc(O)cc2[nH]1. The molecule has 6 heteroatoms. The van der Waals surface area contributed by atoms with Crippen LogP contribution in [0.5, 0.6) is 5.75 Å². The van der Waals surface area contributed by atoms with Gasteiger partial charge in [0.2, 0.25) is 5.91 Å². The molecule has 1 amide bonds. The Bertz CT molecular complexity index is 509. The number of primary amides is 1. The molecule has 0 saturated carbocycles. The number of carbonyl (C=O) groups is 1. The van der Waals surface area contributed by atoms with E-state index in [1.807, 2.05) is 0 Å². The van der Waals surface area contributed by atoms with Crippen LogP contribution in [0.3, 0.4) is 0 Å². The van der Waals surface area contributed by atoms with E-state index in [9.17, 15) is 9.90 Å². The molecule has 5 nitrogen and oxygen atoms in total. The molecule has 0 saturated heterocycles. The molecule has 0 aliphatic heterocycles. The number of aromatic amines is 1. The standard InChI is InChI=1S/C9H9N3O2S/c10-8(14)4-15-9-11-6-2-1-5(13)3-7(6)12-9/h1-3,13H,4H2,(H2,10,14)(H,11,12).